The average Bonchev–Trinajstić information content (AvgIpc) is 3.16. The van der Waals surface area contributed by atoms with Gasteiger partial charge in [-0.2, -0.15) is 0 Å². The third-order valence-electron chi connectivity index (χ3n) is 7.01. The second-order valence-electron chi connectivity index (χ2n) is 9.98. The van der Waals surface area contributed by atoms with Crippen molar-refractivity contribution < 1.29 is 22.8 Å². The van der Waals surface area contributed by atoms with Crippen molar-refractivity contribution in [2.75, 3.05) is 13.1 Å². The van der Waals surface area contributed by atoms with Gasteiger partial charge in [0.25, 0.3) is 15.9 Å². The van der Waals surface area contributed by atoms with Crippen LogP contribution < -0.4 is 5.32 Å². The average molecular weight is 596 g/mol. The minimum atomic E-state index is -3.97. The largest absolute Gasteiger partial charge is 0.354 e. The van der Waals surface area contributed by atoms with E-state index in [0.29, 0.717) is 18.0 Å². The highest BCUT2D eigenvalue weighted by Gasteiger charge is 2.40. The molecule has 0 aromatic heterocycles. The number of fused-ring (bicyclic) bond motifs is 1. The van der Waals surface area contributed by atoms with Gasteiger partial charge in [0.2, 0.25) is 11.8 Å². The number of nitrogens with one attached hydrogen (secondary N) is 1. The Morgan fingerprint density at radius 1 is 0.951 bits per heavy atom. The molecule has 0 aliphatic carbocycles. The second-order valence-corrected chi connectivity index (χ2v) is 12.3. The third-order valence-corrected chi connectivity index (χ3v) is 9.08. The van der Waals surface area contributed by atoms with E-state index in [9.17, 15) is 22.8 Å². The predicted molar refractivity (Wildman–Crippen MR) is 158 cm³/mol. The number of hydrogen-bond donors (Lipinski definition) is 1. The van der Waals surface area contributed by atoms with Crippen LogP contribution >= 0.6 is 11.6 Å². The van der Waals surface area contributed by atoms with Gasteiger partial charge in [-0.1, -0.05) is 79.5 Å². The van der Waals surface area contributed by atoms with E-state index in [4.69, 9.17) is 11.6 Å². The van der Waals surface area contributed by atoms with Gasteiger partial charge < -0.3 is 10.2 Å². The molecule has 1 unspecified atom stereocenters. The molecule has 3 amide bonds. The van der Waals surface area contributed by atoms with E-state index in [0.717, 1.165) is 28.3 Å². The molecule has 216 valence electrons. The fraction of sp³-hybridized carbons (Fsp3) is 0.323. The fourth-order valence-electron chi connectivity index (χ4n) is 4.86. The Morgan fingerprint density at radius 3 is 2.37 bits per heavy atom. The van der Waals surface area contributed by atoms with Gasteiger partial charge in [-0.05, 0) is 48.2 Å². The highest BCUT2D eigenvalue weighted by molar-refractivity contribution is 7.90. The van der Waals surface area contributed by atoms with Crippen molar-refractivity contribution in [3.05, 3.63) is 101 Å². The van der Waals surface area contributed by atoms with E-state index < -0.39 is 22.0 Å². The van der Waals surface area contributed by atoms with Gasteiger partial charge in [-0.25, -0.2) is 12.7 Å². The fourth-order valence-corrected chi connectivity index (χ4v) is 6.68. The summed E-state index contributed by atoms with van der Waals surface area (Å²) in [7, 11) is -3.97. The second kappa shape index (κ2) is 13.8. The lowest BCUT2D eigenvalue weighted by Crippen LogP contribution is -2.50. The standard InChI is InChI=1S/C31H34ClN3O5S/c1-2-3-18-33-30(37)27(21-23-11-5-4-6-12-23)34(22-24-13-9-14-25(32)20-24)29(36)17-10-19-35-31(38)26-15-7-8-16-28(26)41(35,39)40/h4-9,11-16,20,27H,2-3,10,17-19,21-22H2,1H3,(H,33,37). The maximum Gasteiger partial charge on any atom is 0.269 e. The van der Waals surface area contributed by atoms with Gasteiger partial charge in [0, 0.05) is 37.5 Å². The molecule has 41 heavy (non-hydrogen) atoms. The van der Waals surface area contributed by atoms with Crippen LogP contribution in [-0.4, -0.2) is 54.5 Å². The van der Waals surface area contributed by atoms with E-state index in [2.05, 4.69) is 5.32 Å². The number of amides is 3. The van der Waals surface area contributed by atoms with Crippen molar-refractivity contribution in [1.29, 1.82) is 0 Å². The molecule has 1 heterocycles. The molecular weight excluding hydrogens is 562 g/mol. The van der Waals surface area contributed by atoms with Crippen LogP contribution in [0.4, 0.5) is 0 Å². The number of carbonyl (C=O) groups is 3. The van der Waals surface area contributed by atoms with Gasteiger partial charge in [-0.3, -0.25) is 14.4 Å². The highest BCUT2D eigenvalue weighted by atomic mass is 35.5. The Kier molecular flexibility index (Phi) is 10.2. The third kappa shape index (κ3) is 7.34. The molecule has 3 aromatic carbocycles. The Balaban J connectivity index is 1.56. The molecule has 3 aromatic rings. The lowest BCUT2D eigenvalue weighted by atomic mass is 10.0. The SMILES string of the molecule is CCCCNC(=O)C(Cc1ccccc1)N(Cc1cccc(Cl)c1)C(=O)CCCN1C(=O)c2ccccc2S1(=O)=O. The van der Waals surface area contributed by atoms with Gasteiger partial charge in [-0.15, -0.1) is 0 Å². The van der Waals surface area contributed by atoms with Crippen molar-refractivity contribution in [2.45, 2.75) is 56.5 Å². The minimum Gasteiger partial charge on any atom is -0.354 e. The summed E-state index contributed by atoms with van der Waals surface area (Å²) in [4.78, 5) is 41.6. The molecule has 1 aliphatic heterocycles. The van der Waals surface area contributed by atoms with E-state index in [1.165, 1.54) is 17.0 Å². The molecule has 0 bridgehead atoms. The lowest BCUT2D eigenvalue weighted by molar-refractivity contribution is -0.141. The number of unbranched alkanes of at least 4 members (excludes halogenated alkanes) is 1. The summed E-state index contributed by atoms with van der Waals surface area (Å²) in [6.07, 6.45) is 2.09. The maximum absolute atomic E-state index is 13.8. The van der Waals surface area contributed by atoms with Gasteiger partial charge in [0.1, 0.15) is 10.9 Å². The van der Waals surface area contributed by atoms with Crippen LogP contribution in [0.3, 0.4) is 0 Å². The van der Waals surface area contributed by atoms with E-state index >= 15 is 0 Å². The van der Waals surface area contributed by atoms with Crippen molar-refractivity contribution in [3.8, 4) is 0 Å². The molecule has 8 nitrogen and oxygen atoms in total. The molecule has 0 saturated carbocycles. The summed E-state index contributed by atoms with van der Waals surface area (Å²) < 4.78 is 26.7. The van der Waals surface area contributed by atoms with Gasteiger partial charge >= 0.3 is 0 Å². The Bertz CT molecular complexity index is 1500. The van der Waals surface area contributed by atoms with Crippen LogP contribution in [0.2, 0.25) is 5.02 Å². The molecule has 4 rings (SSSR count). The van der Waals surface area contributed by atoms with Crippen LogP contribution in [0.1, 0.15) is 54.1 Å². The number of sulfonamides is 1. The maximum atomic E-state index is 13.8. The summed E-state index contributed by atoms with van der Waals surface area (Å²) in [5, 5.41) is 3.49. The van der Waals surface area contributed by atoms with Crippen LogP contribution in [0.15, 0.2) is 83.8 Å². The molecule has 0 fully saturated rings. The van der Waals surface area contributed by atoms with E-state index in [1.54, 1.807) is 30.3 Å². The Labute approximate surface area is 246 Å². The molecule has 1 N–H and O–H groups in total. The molecule has 0 spiro atoms. The van der Waals surface area contributed by atoms with Gasteiger partial charge in [0.15, 0.2) is 0 Å². The molecular formula is C31H34ClN3O5S. The van der Waals surface area contributed by atoms with Gasteiger partial charge in [0.05, 0.1) is 5.56 Å². The summed E-state index contributed by atoms with van der Waals surface area (Å²) in [5.74, 6) is -1.18. The molecule has 1 aliphatic rings. The number of hydrogen-bond acceptors (Lipinski definition) is 5. The van der Waals surface area contributed by atoms with Crippen molar-refractivity contribution in [3.63, 3.8) is 0 Å². The first-order chi connectivity index (χ1) is 19.7. The van der Waals surface area contributed by atoms with Crippen LogP contribution in [-0.2, 0) is 32.6 Å². The summed E-state index contributed by atoms with van der Waals surface area (Å²) in [5.41, 5.74) is 1.80. The highest BCUT2D eigenvalue weighted by Crippen LogP contribution is 2.30. The summed E-state index contributed by atoms with van der Waals surface area (Å²) in [6, 6.07) is 21.9. The smallest absolute Gasteiger partial charge is 0.269 e. The quantitative estimate of drug-likeness (QED) is 0.285. The molecule has 10 heteroatoms. The topological polar surface area (TPSA) is 104 Å². The Morgan fingerprint density at radius 2 is 1.66 bits per heavy atom. The number of rotatable bonds is 13. The monoisotopic (exact) mass is 595 g/mol. The van der Waals surface area contributed by atoms with E-state index in [-0.39, 0.29) is 48.2 Å². The summed E-state index contributed by atoms with van der Waals surface area (Å²) in [6.45, 7) is 2.53. The zero-order chi connectivity index (χ0) is 29.4. The van der Waals surface area contributed by atoms with Crippen molar-refractivity contribution in [1.82, 2.24) is 14.5 Å². The number of halogens is 1. The van der Waals surface area contributed by atoms with Crippen LogP contribution in [0, 0.1) is 0 Å². The van der Waals surface area contributed by atoms with Crippen molar-refractivity contribution in [2.24, 2.45) is 0 Å². The zero-order valence-corrected chi connectivity index (χ0v) is 24.5. The van der Waals surface area contributed by atoms with Crippen molar-refractivity contribution >= 4 is 39.3 Å². The van der Waals surface area contributed by atoms with Crippen LogP contribution in [0.5, 0.6) is 0 Å². The molecule has 0 radical (unpaired) electrons. The van der Waals surface area contributed by atoms with Crippen LogP contribution in [0.25, 0.3) is 0 Å². The lowest BCUT2D eigenvalue weighted by Gasteiger charge is -2.32. The Hall–Kier alpha value is -3.69. The number of nitrogens with zero attached hydrogens (tertiary/aromatic N) is 2. The first kappa shape index (κ1) is 30.3. The number of benzene rings is 3. The predicted octanol–water partition coefficient (Wildman–Crippen LogP) is 4.82. The first-order valence-electron chi connectivity index (χ1n) is 13.7. The number of carbonyl (C=O) groups excluding carboxylic acids is 3. The first-order valence-corrected chi connectivity index (χ1v) is 15.6. The molecule has 0 saturated heterocycles. The zero-order valence-electron chi connectivity index (χ0n) is 23.0. The summed E-state index contributed by atoms with van der Waals surface area (Å²) >= 11 is 6.22. The minimum absolute atomic E-state index is 0.0226. The van der Waals surface area contributed by atoms with E-state index in [1.807, 2.05) is 43.3 Å². The molecule has 1 atom stereocenters. The normalized spacial score (nSPS) is 14.4.